The third-order valence-corrected chi connectivity index (χ3v) is 4.22. The number of para-hydroxylation sites is 1. The summed E-state index contributed by atoms with van der Waals surface area (Å²) in [6.07, 6.45) is 3.78. The van der Waals surface area contributed by atoms with Gasteiger partial charge in [0.2, 0.25) is 0 Å². The summed E-state index contributed by atoms with van der Waals surface area (Å²) in [5.41, 5.74) is 0.871. The summed E-state index contributed by atoms with van der Waals surface area (Å²) >= 11 is 0. The molecule has 1 aliphatic rings. The van der Waals surface area contributed by atoms with Crippen molar-refractivity contribution in [3.05, 3.63) is 36.1 Å². The van der Waals surface area contributed by atoms with Crippen LogP contribution >= 0.6 is 0 Å². The number of amides is 1. The van der Waals surface area contributed by atoms with E-state index in [1.165, 1.54) is 24.2 Å². The van der Waals surface area contributed by atoms with Crippen LogP contribution in [0.4, 0.5) is 0 Å². The Hall–Kier alpha value is -1.81. The van der Waals surface area contributed by atoms with Crippen LogP contribution in [-0.2, 0) is 4.79 Å². The summed E-state index contributed by atoms with van der Waals surface area (Å²) in [7, 11) is 0. The number of benzene rings is 1. The van der Waals surface area contributed by atoms with Crippen molar-refractivity contribution in [3.8, 4) is 0 Å². The van der Waals surface area contributed by atoms with Gasteiger partial charge in [-0.2, -0.15) is 0 Å². The van der Waals surface area contributed by atoms with Crippen molar-refractivity contribution in [2.45, 2.75) is 32.2 Å². The fourth-order valence-electron chi connectivity index (χ4n) is 3.04. The SMILES string of the molecule is C[C@H](NC(=O)C[NH+]1CCCCC1)c1cc2ccccc2o1. The molecule has 2 aromatic rings. The van der Waals surface area contributed by atoms with Gasteiger partial charge in [0.1, 0.15) is 11.3 Å². The summed E-state index contributed by atoms with van der Waals surface area (Å²) < 4.78 is 5.80. The molecule has 1 saturated heterocycles. The number of likely N-dealkylation sites (tertiary alicyclic amines) is 1. The van der Waals surface area contributed by atoms with Crippen molar-refractivity contribution < 1.29 is 14.1 Å². The molecule has 1 aromatic heterocycles. The van der Waals surface area contributed by atoms with Crippen LogP contribution in [0.3, 0.4) is 0 Å². The fourth-order valence-corrected chi connectivity index (χ4v) is 3.04. The van der Waals surface area contributed by atoms with Crippen LogP contribution in [0.2, 0.25) is 0 Å². The van der Waals surface area contributed by atoms with Gasteiger partial charge in [0, 0.05) is 5.39 Å². The number of rotatable bonds is 4. The van der Waals surface area contributed by atoms with Crippen LogP contribution in [0.15, 0.2) is 34.7 Å². The van der Waals surface area contributed by atoms with E-state index in [0.29, 0.717) is 6.54 Å². The third-order valence-electron chi connectivity index (χ3n) is 4.22. The molecule has 4 nitrogen and oxygen atoms in total. The Morgan fingerprint density at radius 3 is 2.81 bits per heavy atom. The van der Waals surface area contributed by atoms with E-state index in [9.17, 15) is 4.79 Å². The van der Waals surface area contributed by atoms with Gasteiger partial charge in [-0.3, -0.25) is 4.79 Å². The Kier molecular flexibility index (Phi) is 4.25. The Bertz CT molecular complexity index is 581. The number of fused-ring (bicyclic) bond motifs is 1. The first kappa shape index (κ1) is 14.1. The molecule has 0 spiro atoms. The lowest BCUT2D eigenvalue weighted by atomic mass is 10.1. The largest absolute Gasteiger partial charge is 0.459 e. The summed E-state index contributed by atoms with van der Waals surface area (Å²) in [5, 5.41) is 4.13. The molecule has 0 radical (unpaired) electrons. The summed E-state index contributed by atoms with van der Waals surface area (Å²) in [5.74, 6) is 0.929. The topological polar surface area (TPSA) is 46.7 Å². The molecular weight excluding hydrogens is 264 g/mol. The molecule has 112 valence electrons. The van der Waals surface area contributed by atoms with E-state index >= 15 is 0 Å². The minimum atomic E-state index is -0.0888. The maximum atomic E-state index is 12.1. The maximum Gasteiger partial charge on any atom is 0.275 e. The first-order valence-electron chi connectivity index (χ1n) is 7.84. The predicted octanol–water partition coefficient (Wildman–Crippen LogP) is 1.68. The highest BCUT2D eigenvalue weighted by molar-refractivity contribution is 5.79. The molecule has 0 unspecified atom stereocenters. The molecule has 21 heavy (non-hydrogen) atoms. The summed E-state index contributed by atoms with van der Waals surface area (Å²) in [6.45, 7) is 4.78. The highest BCUT2D eigenvalue weighted by Crippen LogP contribution is 2.23. The lowest BCUT2D eigenvalue weighted by Gasteiger charge is -2.23. The Morgan fingerprint density at radius 2 is 2.05 bits per heavy atom. The highest BCUT2D eigenvalue weighted by atomic mass is 16.3. The zero-order valence-electron chi connectivity index (χ0n) is 12.5. The third kappa shape index (κ3) is 3.45. The molecule has 2 N–H and O–H groups in total. The van der Waals surface area contributed by atoms with E-state index in [2.05, 4.69) is 5.32 Å². The van der Waals surface area contributed by atoms with Crippen LogP contribution in [0, 0.1) is 0 Å². The van der Waals surface area contributed by atoms with Crippen molar-refractivity contribution in [1.82, 2.24) is 5.32 Å². The minimum absolute atomic E-state index is 0.0888. The molecule has 1 aromatic carbocycles. The van der Waals surface area contributed by atoms with E-state index < -0.39 is 0 Å². The average Bonchev–Trinajstić information content (AvgIpc) is 2.92. The minimum Gasteiger partial charge on any atom is -0.459 e. The van der Waals surface area contributed by atoms with Crippen LogP contribution in [0.1, 0.15) is 38.0 Å². The molecule has 0 aliphatic carbocycles. The molecule has 4 heteroatoms. The monoisotopic (exact) mass is 287 g/mol. The van der Waals surface area contributed by atoms with Gasteiger partial charge in [0.25, 0.3) is 5.91 Å². The number of nitrogens with one attached hydrogen (secondary N) is 2. The smallest absolute Gasteiger partial charge is 0.275 e. The molecule has 0 saturated carbocycles. The van der Waals surface area contributed by atoms with E-state index in [1.54, 1.807) is 0 Å². The van der Waals surface area contributed by atoms with Crippen molar-refractivity contribution in [2.24, 2.45) is 0 Å². The number of carbonyl (C=O) groups excluding carboxylic acids is 1. The second-order valence-corrected chi connectivity index (χ2v) is 5.96. The Balaban J connectivity index is 1.59. The number of piperidine rings is 1. The standard InChI is InChI=1S/C17H22N2O2/c1-13(16-11-14-7-3-4-8-15(14)21-16)18-17(20)12-19-9-5-2-6-10-19/h3-4,7-8,11,13H,2,5-6,9-10,12H2,1H3,(H,18,20)/p+1/t13-/m0/s1. The fraction of sp³-hybridized carbons (Fsp3) is 0.471. The van der Waals surface area contributed by atoms with Crippen molar-refractivity contribution >= 4 is 16.9 Å². The normalized spacial score (nSPS) is 17.8. The summed E-state index contributed by atoms with van der Waals surface area (Å²) in [6, 6.07) is 9.84. The van der Waals surface area contributed by atoms with Gasteiger partial charge in [-0.15, -0.1) is 0 Å². The molecule has 1 aliphatic heterocycles. The molecule has 1 amide bonds. The quantitative estimate of drug-likeness (QED) is 0.899. The van der Waals surface area contributed by atoms with Gasteiger partial charge < -0.3 is 14.6 Å². The number of carbonyl (C=O) groups is 1. The van der Waals surface area contributed by atoms with Crippen molar-refractivity contribution in [1.29, 1.82) is 0 Å². The number of hydrogen-bond acceptors (Lipinski definition) is 2. The van der Waals surface area contributed by atoms with Crippen molar-refractivity contribution in [3.63, 3.8) is 0 Å². The van der Waals surface area contributed by atoms with Gasteiger partial charge in [-0.05, 0) is 38.3 Å². The first-order valence-corrected chi connectivity index (χ1v) is 7.84. The second-order valence-electron chi connectivity index (χ2n) is 5.96. The predicted molar refractivity (Wildman–Crippen MR) is 82.2 cm³/mol. The molecule has 0 bridgehead atoms. The van der Waals surface area contributed by atoms with Crippen LogP contribution < -0.4 is 10.2 Å². The van der Waals surface area contributed by atoms with E-state index in [4.69, 9.17) is 4.42 Å². The maximum absolute atomic E-state index is 12.1. The van der Waals surface area contributed by atoms with Crippen molar-refractivity contribution in [2.75, 3.05) is 19.6 Å². The number of quaternary nitrogens is 1. The Labute approximate surface area is 125 Å². The van der Waals surface area contributed by atoms with E-state index in [1.807, 2.05) is 37.3 Å². The molecule has 2 heterocycles. The van der Waals surface area contributed by atoms with Gasteiger partial charge in [-0.25, -0.2) is 0 Å². The van der Waals surface area contributed by atoms with Crippen LogP contribution in [0.25, 0.3) is 11.0 Å². The molecule has 1 fully saturated rings. The lowest BCUT2D eigenvalue weighted by molar-refractivity contribution is -0.896. The van der Waals surface area contributed by atoms with Gasteiger partial charge in [-0.1, -0.05) is 18.2 Å². The lowest BCUT2D eigenvalue weighted by Crippen LogP contribution is -3.13. The van der Waals surface area contributed by atoms with Crippen LogP contribution in [-0.4, -0.2) is 25.5 Å². The van der Waals surface area contributed by atoms with Gasteiger partial charge in [0.05, 0.1) is 19.1 Å². The summed E-state index contributed by atoms with van der Waals surface area (Å²) in [4.78, 5) is 13.5. The number of furan rings is 1. The Morgan fingerprint density at radius 1 is 1.29 bits per heavy atom. The number of hydrogen-bond donors (Lipinski definition) is 2. The molecule has 1 atom stereocenters. The molecule has 3 rings (SSSR count). The van der Waals surface area contributed by atoms with E-state index in [-0.39, 0.29) is 11.9 Å². The van der Waals surface area contributed by atoms with E-state index in [0.717, 1.165) is 29.8 Å². The first-order chi connectivity index (χ1) is 10.2. The zero-order valence-corrected chi connectivity index (χ0v) is 12.5. The highest BCUT2D eigenvalue weighted by Gasteiger charge is 2.20. The molecular formula is C17H23N2O2+. The second kappa shape index (κ2) is 6.31. The van der Waals surface area contributed by atoms with Crippen LogP contribution in [0.5, 0.6) is 0 Å². The average molecular weight is 287 g/mol. The van der Waals surface area contributed by atoms with Gasteiger partial charge >= 0.3 is 0 Å². The van der Waals surface area contributed by atoms with Gasteiger partial charge in [0.15, 0.2) is 6.54 Å². The zero-order chi connectivity index (χ0) is 14.7.